The predicted molar refractivity (Wildman–Crippen MR) is 77.4 cm³/mol. The van der Waals surface area contributed by atoms with Gasteiger partial charge < -0.3 is 16.4 Å². The molecule has 0 radical (unpaired) electrons. The van der Waals surface area contributed by atoms with Crippen molar-refractivity contribution in [3.05, 3.63) is 22.7 Å². The van der Waals surface area contributed by atoms with Crippen molar-refractivity contribution in [1.82, 2.24) is 0 Å². The number of primary amides is 1. The van der Waals surface area contributed by atoms with Crippen LogP contribution in [0, 0.1) is 11.8 Å². The van der Waals surface area contributed by atoms with Gasteiger partial charge in [0, 0.05) is 18.8 Å². The Labute approximate surface area is 117 Å². The standard InChI is InChI=1S/C14H18ClN3O/c15-12-5-10(16)4-11(14(17)19)13(12)18-6-8-2-1-3-9(8)7-18/h4-5,8-9H,1-3,6-7,16H2,(H2,17,19). The highest BCUT2D eigenvalue weighted by molar-refractivity contribution is 6.34. The van der Waals surface area contributed by atoms with E-state index in [0.717, 1.165) is 30.6 Å². The van der Waals surface area contributed by atoms with Gasteiger partial charge in [0.25, 0.3) is 5.91 Å². The summed E-state index contributed by atoms with van der Waals surface area (Å²) in [5.41, 5.74) is 12.9. The summed E-state index contributed by atoms with van der Waals surface area (Å²) in [6.45, 7) is 1.93. The number of hydrogen-bond acceptors (Lipinski definition) is 3. The highest BCUT2D eigenvalue weighted by Crippen LogP contribution is 2.42. The van der Waals surface area contributed by atoms with Crippen LogP contribution >= 0.6 is 11.6 Å². The number of fused-ring (bicyclic) bond motifs is 1. The molecular formula is C14H18ClN3O. The first-order valence-corrected chi connectivity index (χ1v) is 7.08. The minimum Gasteiger partial charge on any atom is -0.399 e. The molecule has 4 nitrogen and oxygen atoms in total. The normalized spacial score (nSPS) is 25.6. The molecule has 1 aromatic rings. The zero-order valence-corrected chi connectivity index (χ0v) is 11.5. The zero-order chi connectivity index (χ0) is 13.6. The molecule has 1 saturated heterocycles. The fraction of sp³-hybridized carbons (Fsp3) is 0.500. The Morgan fingerprint density at radius 1 is 1.26 bits per heavy atom. The lowest BCUT2D eigenvalue weighted by Gasteiger charge is -2.23. The molecule has 1 amide bonds. The summed E-state index contributed by atoms with van der Waals surface area (Å²) in [7, 11) is 0. The number of rotatable bonds is 2. The number of carbonyl (C=O) groups is 1. The minimum atomic E-state index is -0.471. The summed E-state index contributed by atoms with van der Waals surface area (Å²) in [4.78, 5) is 13.8. The molecule has 1 aliphatic carbocycles. The number of nitrogens with two attached hydrogens (primary N) is 2. The lowest BCUT2D eigenvalue weighted by molar-refractivity contribution is 0.100. The van der Waals surface area contributed by atoms with Crippen molar-refractivity contribution < 1.29 is 4.79 Å². The summed E-state index contributed by atoms with van der Waals surface area (Å²) in [6.07, 6.45) is 3.88. The lowest BCUT2D eigenvalue weighted by atomic mass is 10.0. The van der Waals surface area contributed by atoms with Crippen LogP contribution in [0.3, 0.4) is 0 Å². The molecule has 2 atom stereocenters. The van der Waals surface area contributed by atoms with Gasteiger partial charge in [0.15, 0.2) is 0 Å². The van der Waals surface area contributed by atoms with E-state index in [0.29, 0.717) is 16.3 Å². The maximum atomic E-state index is 11.6. The number of nitrogens with zero attached hydrogens (tertiary/aromatic N) is 1. The molecule has 2 aliphatic rings. The van der Waals surface area contributed by atoms with Gasteiger partial charge in [-0.05, 0) is 36.8 Å². The van der Waals surface area contributed by atoms with E-state index in [-0.39, 0.29) is 0 Å². The third kappa shape index (κ3) is 2.14. The quantitative estimate of drug-likeness (QED) is 0.816. The van der Waals surface area contributed by atoms with Crippen LogP contribution in [0.15, 0.2) is 12.1 Å². The number of nitrogen functional groups attached to an aromatic ring is 1. The van der Waals surface area contributed by atoms with E-state index in [4.69, 9.17) is 23.1 Å². The van der Waals surface area contributed by atoms with Crippen LogP contribution in [0.5, 0.6) is 0 Å². The van der Waals surface area contributed by atoms with Gasteiger partial charge in [0.05, 0.1) is 16.3 Å². The van der Waals surface area contributed by atoms with Crippen molar-refractivity contribution >= 4 is 28.9 Å². The molecule has 1 aromatic carbocycles. The Bertz CT molecular complexity index is 520. The van der Waals surface area contributed by atoms with Crippen molar-refractivity contribution in [2.45, 2.75) is 19.3 Å². The second-order valence-electron chi connectivity index (χ2n) is 5.62. The monoisotopic (exact) mass is 279 g/mol. The Hall–Kier alpha value is -1.42. The highest BCUT2D eigenvalue weighted by atomic mass is 35.5. The molecule has 2 fully saturated rings. The Morgan fingerprint density at radius 2 is 1.89 bits per heavy atom. The van der Waals surface area contributed by atoms with Gasteiger partial charge >= 0.3 is 0 Å². The molecule has 0 aromatic heterocycles. The molecule has 0 spiro atoms. The van der Waals surface area contributed by atoms with E-state index < -0.39 is 5.91 Å². The third-order valence-electron chi connectivity index (χ3n) is 4.39. The molecule has 1 heterocycles. The Morgan fingerprint density at radius 3 is 2.47 bits per heavy atom. The number of halogens is 1. The molecule has 4 N–H and O–H groups in total. The van der Waals surface area contributed by atoms with Gasteiger partial charge in [-0.3, -0.25) is 4.79 Å². The fourth-order valence-electron chi connectivity index (χ4n) is 3.55. The summed E-state index contributed by atoms with van der Waals surface area (Å²) in [6, 6.07) is 3.31. The highest BCUT2D eigenvalue weighted by Gasteiger charge is 2.37. The molecule has 19 heavy (non-hydrogen) atoms. The predicted octanol–water partition coefficient (Wildman–Crippen LogP) is 2.26. The van der Waals surface area contributed by atoms with Gasteiger partial charge in [-0.25, -0.2) is 0 Å². The molecule has 5 heteroatoms. The minimum absolute atomic E-state index is 0.435. The zero-order valence-electron chi connectivity index (χ0n) is 10.7. The van der Waals surface area contributed by atoms with Crippen molar-refractivity contribution in [1.29, 1.82) is 0 Å². The van der Waals surface area contributed by atoms with E-state index in [9.17, 15) is 4.79 Å². The number of carbonyl (C=O) groups excluding carboxylic acids is 1. The Balaban J connectivity index is 1.98. The molecule has 2 unspecified atom stereocenters. The van der Waals surface area contributed by atoms with E-state index in [2.05, 4.69) is 4.90 Å². The summed E-state index contributed by atoms with van der Waals surface area (Å²) >= 11 is 6.29. The number of anilines is 2. The van der Waals surface area contributed by atoms with E-state index in [1.807, 2.05) is 0 Å². The van der Waals surface area contributed by atoms with Crippen molar-refractivity contribution in [2.75, 3.05) is 23.7 Å². The first-order chi connectivity index (χ1) is 9.06. The van der Waals surface area contributed by atoms with Gasteiger partial charge in [0.2, 0.25) is 0 Å². The van der Waals surface area contributed by atoms with Crippen molar-refractivity contribution in [3.8, 4) is 0 Å². The van der Waals surface area contributed by atoms with E-state index >= 15 is 0 Å². The topological polar surface area (TPSA) is 72.3 Å². The van der Waals surface area contributed by atoms with Gasteiger partial charge in [-0.1, -0.05) is 18.0 Å². The van der Waals surface area contributed by atoms with Crippen LogP contribution in [0.2, 0.25) is 5.02 Å². The first-order valence-electron chi connectivity index (χ1n) is 6.70. The van der Waals surface area contributed by atoms with Crippen molar-refractivity contribution in [2.24, 2.45) is 17.6 Å². The smallest absolute Gasteiger partial charge is 0.250 e. The van der Waals surface area contributed by atoms with Crippen LogP contribution in [0.4, 0.5) is 11.4 Å². The molecule has 1 aliphatic heterocycles. The largest absolute Gasteiger partial charge is 0.399 e. The van der Waals surface area contributed by atoms with E-state index in [1.165, 1.54) is 19.3 Å². The molecule has 0 bridgehead atoms. The molecule has 102 valence electrons. The van der Waals surface area contributed by atoms with Gasteiger partial charge in [-0.2, -0.15) is 0 Å². The maximum absolute atomic E-state index is 11.6. The number of amides is 1. The van der Waals surface area contributed by atoms with Crippen molar-refractivity contribution in [3.63, 3.8) is 0 Å². The maximum Gasteiger partial charge on any atom is 0.250 e. The first kappa shape index (κ1) is 12.6. The second-order valence-corrected chi connectivity index (χ2v) is 6.03. The van der Waals surface area contributed by atoms with Crippen LogP contribution in [-0.2, 0) is 0 Å². The lowest BCUT2D eigenvalue weighted by Crippen LogP contribution is -2.25. The summed E-state index contributed by atoms with van der Waals surface area (Å²) in [5, 5.41) is 0.522. The van der Waals surface area contributed by atoms with Crippen LogP contribution in [-0.4, -0.2) is 19.0 Å². The van der Waals surface area contributed by atoms with Gasteiger partial charge in [0.1, 0.15) is 0 Å². The third-order valence-corrected chi connectivity index (χ3v) is 4.68. The number of benzene rings is 1. The average molecular weight is 280 g/mol. The fourth-order valence-corrected chi connectivity index (χ4v) is 3.89. The van der Waals surface area contributed by atoms with Crippen LogP contribution < -0.4 is 16.4 Å². The summed E-state index contributed by atoms with van der Waals surface area (Å²) < 4.78 is 0. The SMILES string of the molecule is NC(=O)c1cc(N)cc(Cl)c1N1CC2CCCC2C1. The van der Waals surface area contributed by atoms with Gasteiger partial charge in [-0.15, -0.1) is 0 Å². The average Bonchev–Trinajstić information content (AvgIpc) is 2.87. The van der Waals surface area contributed by atoms with Crippen LogP contribution in [0.1, 0.15) is 29.6 Å². The molecular weight excluding hydrogens is 262 g/mol. The van der Waals surface area contributed by atoms with E-state index in [1.54, 1.807) is 12.1 Å². The molecule has 3 rings (SSSR count). The second kappa shape index (κ2) is 4.60. The van der Waals surface area contributed by atoms with Crippen LogP contribution in [0.25, 0.3) is 0 Å². The number of hydrogen-bond donors (Lipinski definition) is 2. The summed E-state index contributed by atoms with van der Waals surface area (Å²) in [5.74, 6) is 0.991. The Kier molecular flexibility index (Phi) is 3.05. The molecule has 1 saturated carbocycles.